The molecule has 1 saturated carbocycles. The Morgan fingerprint density at radius 1 is 1.26 bits per heavy atom. The van der Waals surface area contributed by atoms with Gasteiger partial charge in [-0.2, -0.15) is 0 Å². The van der Waals surface area contributed by atoms with Crippen molar-refractivity contribution in [2.24, 2.45) is 5.92 Å². The minimum atomic E-state index is -0.179. The van der Waals surface area contributed by atoms with Crippen molar-refractivity contribution in [3.05, 3.63) is 34.1 Å². The molecule has 0 aromatic heterocycles. The highest BCUT2D eigenvalue weighted by atomic mass is 79.9. The zero-order valence-corrected chi connectivity index (χ0v) is 13.2. The van der Waals surface area contributed by atoms with Crippen molar-refractivity contribution in [2.45, 2.75) is 58.0 Å². The van der Waals surface area contributed by atoms with E-state index in [0.717, 1.165) is 18.0 Å². The number of hydrogen-bond acceptors (Lipinski definition) is 1. The van der Waals surface area contributed by atoms with E-state index in [4.69, 9.17) is 0 Å². The first kappa shape index (κ1) is 15.0. The normalized spacial score (nSPS) is 19.1. The molecule has 0 radical (unpaired) electrons. The number of halogens is 2. The summed E-state index contributed by atoms with van der Waals surface area (Å²) in [5.74, 6) is 0.601. The first-order chi connectivity index (χ1) is 9.16. The molecule has 0 bridgehead atoms. The van der Waals surface area contributed by atoms with Crippen LogP contribution in [0.25, 0.3) is 0 Å². The molecule has 1 N–H and O–H groups in total. The second-order valence-electron chi connectivity index (χ2n) is 5.67. The number of benzene rings is 1. The lowest BCUT2D eigenvalue weighted by Crippen LogP contribution is -2.32. The fourth-order valence-corrected chi connectivity index (χ4v) is 3.15. The van der Waals surface area contributed by atoms with Gasteiger partial charge in [0.05, 0.1) is 4.47 Å². The van der Waals surface area contributed by atoms with Crippen LogP contribution in [-0.4, -0.2) is 6.04 Å². The van der Waals surface area contributed by atoms with Crippen molar-refractivity contribution in [3.8, 4) is 0 Å². The Morgan fingerprint density at radius 2 is 1.95 bits per heavy atom. The number of hydrogen-bond donors (Lipinski definition) is 1. The molecule has 106 valence electrons. The molecule has 1 aliphatic rings. The smallest absolute Gasteiger partial charge is 0.137 e. The van der Waals surface area contributed by atoms with E-state index < -0.39 is 0 Å². The van der Waals surface area contributed by atoms with Gasteiger partial charge >= 0.3 is 0 Å². The second-order valence-corrected chi connectivity index (χ2v) is 6.52. The summed E-state index contributed by atoms with van der Waals surface area (Å²) in [6, 6.07) is 5.88. The van der Waals surface area contributed by atoms with Crippen molar-refractivity contribution in [2.75, 3.05) is 0 Å². The Kier molecular flexibility index (Phi) is 5.83. The van der Waals surface area contributed by atoms with E-state index in [1.165, 1.54) is 38.5 Å². The second kappa shape index (κ2) is 7.39. The molecule has 0 amide bonds. The van der Waals surface area contributed by atoms with Gasteiger partial charge in [-0.1, -0.05) is 31.7 Å². The quantitative estimate of drug-likeness (QED) is 0.764. The van der Waals surface area contributed by atoms with Crippen molar-refractivity contribution in [3.63, 3.8) is 0 Å². The highest BCUT2D eigenvalue weighted by Gasteiger charge is 2.18. The minimum absolute atomic E-state index is 0.179. The molecule has 1 aromatic rings. The highest BCUT2D eigenvalue weighted by molar-refractivity contribution is 9.10. The van der Waals surface area contributed by atoms with Gasteiger partial charge in [0.15, 0.2) is 0 Å². The lowest BCUT2D eigenvalue weighted by molar-refractivity contribution is 0.336. The zero-order chi connectivity index (χ0) is 13.7. The van der Waals surface area contributed by atoms with E-state index in [2.05, 4.69) is 28.2 Å². The van der Waals surface area contributed by atoms with Crippen molar-refractivity contribution >= 4 is 15.9 Å². The van der Waals surface area contributed by atoms with Crippen molar-refractivity contribution in [1.82, 2.24) is 5.32 Å². The Morgan fingerprint density at radius 3 is 2.58 bits per heavy atom. The van der Waals surface area contributed by atoms with E-state index in [0.29, 0.717) is 10.5 Å². The van der Waals surface area contributed by atoms with Crippen LogP contribution in [0.1, 0.15) is 51.0 Å². The van der Waals surface area contributed by atoms with Crippen LogP contribution >= 0.6 is 15.9 Å². The molecule has 0 heterocycles. The molecule has 3 heteroatoms. The van der Waals surface area contributed by atoms with E-state index in [1.807, 2.05) is 6.07 Å². The Hall–Kier alpha value is -0.410. The maximum absolute atomic E-state index is 13.4. The van der Waals surface area contributed by atoms with E-state index >= 15 is 0 Å². The van der Waals surface area contributed by atoms with Crippen LogP contribution in [0, 0.1) is 11.7 Å². The van der Waals surface area contributed by atoms with Crippen LogP contribution in [-0.2, 0) is 6.54 Å². The van der Waals surface area contributed by atoms with Gasteiger partial charge in [0.2, 0.25) is 0 Å². The van der Waals surface area contributed by atoms with Gasteiger partial charge in [-0.15, -0.1) is 0 Å². The standard InChI is InChI=1S/C16H23BrFN/c1-12(14-6-4-2-3-5-7-14)19-11-13-8-9-15(17)16(18)10-13/h8-10,12,14,19H,2-7,11H2,1H3/t12-/m1/s1. The molecule has 1 fully saturated rings. The molecule has 1 aromatic carbocycles. The highest BCUT2D eigenvalue weighted by Crippen LogP contribution is 2.25. The summed E-state index contributed by atoms with van der Waals surface area (Å²) in [7, 11) is 0. The molecule has 1 aliphatic carbocycles. The largest absolute Gasteiger partial charge is 0.310 e. The topological polar surface area (TPSA) is 12.0 Å². The molecule has 0 spiro atoms. The number of rotatable bonds is 4. The minimum Gasteiger partial charge on any atom is -0.310 e. The maximum Gasteiger partial charge on any atom is 0.137 e. The van der Waals surface area contributed by atoms with Gasteiger partial charge in [0.25, 0.3) is 0 Å². The lowest BCUT2D eigenvalue weighted by atomic mass is 9.93. The molecule has 0 aliphatic heterocycles. The van der Waals surface area contributed by atoms with E-state index in [9.17, 15) is 4.39 Å². The lowest BCUT2D eigenvalue weighted by Gasteiger charge is -2.23. The predicted molar refractivity (Wildman–Crippen MR) is 81.6 cm³/mol. The SMILES string of the molecule is C[C@@H](NCc1ccc(Br)c(F)c1)C1CCCCCC1. The number of nitrogens with one attached hydrogen (secondary N) is 1. The van der Waals surface area contributed by atoms with Crippen LogP contribution in [0.2, 0.25) is 0 Å². The molecule has 1 nitrogen and oxygen atoms in total. The third kappa shape index (κ3) is 4.57. The first-order valence-electron chi connectivity index (χ1n) is 7.34. The average Bonchev–Trinajstić information content (AvgIpc) is 2.69. The third-order valence-electron chi connectivity index (χ3n) is 4.22. The van der Waals surface area contributed by atoms with Crippen LogP contribution in [0.3, 0.4) is 0 Å². The van der Waals surface area contributed by atoms with Gasteiger partial charge in [0, 0.05) is 12.6 Å². The van der Waals surface area contributed by atoms with Crippen molar-refractivity contribution in [1.29, 1.82) is 0 Å². The average molecular weight is 328 g/mol. The van der Waals surface area contributed by atoms with Crippen LogP contribution < -0.4 is 5.32 Å². The van der Waals surface area contributed by atoms with E-state index in [-0.39, 0.29) is 5.82 Å². The van der Waals surface area contributed by atoms with Crippen LogP contribution in [0.4, 0.5) is 4.39 Å². The van der Waals surface area contributed by atoms with Gasteiger partial charge in [-0.3, -0.25) is 0 Å². The molecular formula is C16H23BrFN. The Labute approximate surface area is 124 Å². The summed E-state index contributed by atoms with van der Waals surface area (Å²) in [6.07, 6.45) is 8.18. The van der Waals surface area contributed by atoms with Crippen LogP contribution in [0.15, 0.2) is 22.7 Å². The summed E-state index contributed by atoms with van der Waals surface area (Å²) < 4.78 is 14.0. The predicted octanol–water partition coefficient (Wildman–Crippen LogP) is 5.04. The Balaban J connectivity index is 1.84. The monoisotopic (exact) mass is 327 g/mol. The van der Waals surface area contributed by atoms with Crippen molar-refractivity contribution < 1.29 is 4.39 Å². The van der Waals surface area contributed by atoms with Gasteiger partial charge in [-0.25, -0.2) is 4.39 Å². The maximum atomic E-state index is 13.4. The zero-order valence-electron chi connectivity index (χ0n) is 11.6. The van der Waals surface area contributed by atoms with Gasteiger partial charge < -0.3 is 5.32 Å². The van der Waals surface area contributed by atoms with E-state index in [1.54, 1.807) is 12.1 Å². The third-order valence-corrected chi connectivity index (χ3v) is 4.86. The summed E-state index contributed by atoms with van der Waals surface area (Å²) in [5.41, 5.74) is 1.01. The molecule has 19 heavy (non-hydrogen) atoms. The molecule has 0 saturated heterocycles. The molecule has 2 rings (SSSR count). The molecule has 0 unspecified atom stereocenters. The fraction of sp³-hybridized carbons (Fsp3) is 0.625. The van der Waals surface area contributed by atoms with Crippen LogP contribution in [0.5, 0.6) is 0 Å². The van der Waals surface area contributed by atoms with Gasteiger partial charge in [-0.05, 0) is 59.3 Å². The first-order valence-corrected chi connectivity index (χ1v) is 8.13. The summed E-state index contributed by atoms with van der Waals surface area (Å²) in [5, 5.41) is 3.56. The summed E-state index contributed by atoms with van der Waals surface area (Å²) >= 11 is 3.19. The summed E-state index contributed by atoms with van der Waals surface area (Å²) in [4.78, 5) is 0. The fourth-order valence-electron chi connectivity index (χ4n) is 2.91. The Bertz CT molecular complexity index is 400. The molecular weight excluding hydrogens is 305 g/mol. The molecule has 1 atom stereocenters. The summed E-state index contributed by atoms with van der Waals surface area (Å²) in [6.45, 7) is 3.02. The van der Waals surface area contributed by atoms with Gasteiger partial charge in [0.1, 0.15) is 5.82 Å².